The molecular formula is C10H9FN2. The minimum atomic E-state index is -0.558. The van der Waals surface area contributed by atoms with Crippen LogP contribution in [0.1, 0.15) is 18.4 Å². The van der Waals surface area contributed by atoms with Crippen molar-refractivity contribution in [2.45, 2.75) is 18.3 Å². The van der Waals surface area contributed by atoms with E-state index in [1.165, 1.54) is 6.07 Å². The molecule has 1 fully saturated rings. The standard InChI is InChI=1S/C10H9FN2/c11-9-5-7(13)1-2-8(9)10(6-12)3-4-10/h1-2,5H,3-4,13H2. The average Bonchev–Trinajstić information content (AvgIpc) is 2.85. The first kappa shape index (κ1) is 8.06. The first-order chi connectivity index (χ1) is 6.18. The SMILES string of the molecule is N#CC1(c2ccc(N)cc2F)CC1. The lowest BCUT2D eigenvalue weighted by Gasteiger charge is -2.07. The van der Waals surface area contributed by atoms with Crippen molar-refractivity contribution in [1.82, 2.24) is 0 Å². The first-order valence-corrected chi connectivity index (χ1v) is 4.15. The van der Waals surface area contributed by atoms with Gasteiger partial charge in [-0.3, -0.25) is 0 Å². The number of nitriles is 1. The van der Waals surface area contributed by atoms with Crippen molar-refractivity contribution in [3.05, 3.63) is 29.6 Å². The summed E-state index contributed by atoms with van der Waals surface area (Å²) in [4.78, 5) is 0. The first-order valence-electron chi connectivity index (χ1n) is 4.15. The zero-order valence-corrected chi connectivity index (χ0v) is 7.05. The number of rotatable bonds is 1. The maximum Gasteiger partial charge on any atom is 0.130 e. The molecule has 1 aliphatic carbocycles. The van der Waals surface area contributed by atoms with Crippen molar-refractivity contribution < 1.29 is 4.39 Å². The highest BCUT2D eigenvalue weighted by Crippen LogP contribution is 2.48. The zero-order valence-electron chi connectivity index (χ0n) is 7.05. The van der Waals surface area contributed by atoms with E-state index in [1.807, 2.05) is 0 Å². The molecule has 1 aromatic carbocycles. The van der Waals surface area contributed by atoms with Crippen LogP contribution in [-0.4, -0.2) is 0 Å². The quantitative estimate of drug-likeness (QED) is 0.665. The molecule has 2 N–H and O–H groups in total. The molecule has 0 unspecified atom stereocenters. The molecule has 0 heterocycles. The summed E-state index contributed by atoms with van der Waals surface area (Å²) in [6, 6.07) is 6.67. The van der Waals surface area contributed by atoms with Gasteiger partial charge < -0.3 is 5.73 Å². The molecule has 66 valence electrons. The fourth-order valence-electron chi connectivity index (χ4n) is 1.49. The smallest absolute Gasteiger partial charge is 0.130 e. The summed E-state index contributed by atoms with van der Waals surface area (Å²) in [6.07, 6.45) is 1.51. The molecule has 0 bridgehead atoms. The molecule has 13 heavy (non-hydrogen) atoms. The van der Waals surface area contributed by atoms with E-state index in [-0.39, 0.29) is 5.82 Å². The molecule has 0 aliphatic heterocycles. The Morgan fingerprint density at radius 1 is 1.46 bits per heavy atom. The Bertz CT molecular complexity index is 388. The third kappa shape index (κ3) is 1.15. The fraction of sp³-hybridized carbons (Fsp3) is 0.300. The zero-order chi connectivity index (χ0) is 9.47. The lowest BCUT2D eigenvalue weighted by atomic mass is 9.97. The minimum absolute atomic E-state index is 0.362. The highest BCUT2D eigenvalue weighted by molar-refractivity contribution is 5.47. The second kappa shape index (κ2) is 2.46. The number of benzene rings is 1. The Morgan fingerprint density at radius 2 is 2.15 bits per heavy atom. The van der Waals surface area contributed by atoms with E-state index in [4.69, 9.17) is 11.0 Å². The van der Waals surface area contributed by atoms with Crippen LogP contribution < -0.4 is 5.73 Å². The molecule has 2 nitrogen and oxygen atoms in total. The lowest BCUT2D eigenvalue weighted by Crippen LogP contribution is -2.06. The Hall–Kier alpha value is -1.56. The van der Waals surface area contributed by atoms with Gasteiger partial charge in [0.1, 0.15) is 5.82 Å². The van der Waals surface area contributed by atoms with Crippen LogP contribution in [0.2, 0.25) is 0 Å². The predicted octanol–water partition coefficient (Wildman–Crippen LogP) is 1.96. The summed E-state index contributed by atoms with van der Waals surface area (Å²) in [7, 11) is 0. The van der Waals surface area contributed by atoms with Crippen molar-refractivity contribution in [1.29, 1.82) is 5.26 Å². The number of nitrogens with two attached hydrogens (primary N) is 1. The van der Waals surface area contributed by atoms with Gasteiger partial charge in [0.25, 0.3) is 0 Å². The lowest BCUT2D eigenvalue weighted by molar-refractivity contribution is 0.600. The number of nitrogens with zero attached hydrogens (tertiary/aromatic N) is 1. The van der Waals surface area contributed by atoms with E-state index in [1.54, 1.807) is 12.1 Å². The van der Waals surface area contributed by atoms with Gasteiger partial charge in [0, 0.05) is 11.3 Å². The maximum absolute atomic E-state index is 13.3. The third-order valence-corrected chi connectivity index (χ3v) is 2.47. The molecule has 1 aromatic rings. The van der Waals surface area contributed by atoms with Gasteiger partial charge >= 0.3 is 0 Å². The molecule has 2 rings (SSSR count). The van der Waals surface area contributed by atoms with Crippen LogP contribution >= 0.6 is 0 Å². The van der Waals surface area contributed by atoms with Crippen LogP contribution in [0.3, 0.4) is 0 Å². The Balaban J connectivity index is 2.48. The fourth-order valence-corrected chi connectivity index (χ4v) is 1.49. The number of halogens is 1. The highest BCUT2D eigenvalue weighted by atomic mass is 19.1. The third-order valence-electron chi connectivity index (χ3n) is 2.47. The summed E-state index contributed by atoms with van der Waals surface area (Å²) in [6.45, 7) is 0. The van der Waals surface area contributed by atoms with Gasteiger partial charge in [-0.15, -0.1) is 0 Å². The van der Waals surface area contributed by atoms with Crippen LogP contribution in [0, 0.1) is 17.1 Å². The normalized spacial score (nSPS) is 17.8. The van der Waals surface area contributed by atoms with Gasteiger partial charge in [0.15, 0.2) is 0 Å². The molecule has 0 amide bonds. The monoisotopic (exact) mass is 176 g/mol. The minimum Gasteiger partial charge on any atom is -0.399 e. The van der Waals surface area contributed by atoms with Crippen molar-refractivity contribution in [2.75, 3.05) is 5.73 Å². The Kier molecular flexibility index (Phi) is 1.53. The molecule has 0 spiro atoms. The van der Waals surface area contributed by atoms with Crippen LogP contribution in [-0.2, 0) is 5.41 Å². The van der Waals surface area contributed by atoms with E-state index >= 15 is 0 Å². The van der Waals surface area contributed by atoms with E-state index in [9.17, 15) is 4.39 Å². The van der Waals surface area contributed by atoms with Gasteiger partial charge in [0.05, 0.1) is 11.5 Å². The van der Waals surface area contributed by atoms with Gasteiger partial charge in [-0.25, -0.2) is 4.39 Å². The number of hydrogen-bond acceptors (Lipinski definition) is 2. The Morgan fingerprint density at radius 3 is 2.62 bits per heavy atom. The van der Waals surface area contributed by atoms with Gasteiger partial charge in [-0.05, 0) is 25.0 Å². The summed E-state index contributed by atoms with van der Waals surface area (Å²) in [5.41, 5.74) is 5.74. The largest absolute Gasteiger partial charge is 0.399 e. The molecule has 0 aromatic heterocycles. The van der Waals surface area contributed by atoms with Gasteiger partial charge in [0.2, 0.25) is 0 Å². The molecule has 0 saturated heterocycles. The van der Waals surface area contributed by atoms with Gasteiger partial charge in [-0.1, -0.05) is 6.07 Å². The van der Waals surface area contributed by atoms with E-state index in [0.717, 1.165) is 12.8 Å². The molecule has 1 aliphatic rings. The summed E-state index contributed by atoms with van der Waals surface area (Å²) >= 11 is 0. The van der Waals surface area contributed by atoms with Crippen molar-refractivity contribution in [3.63, 3.8) is 0 Å². The topological polar surface area (TPSA) is 49.8 Å². The molecule has 0 radical (unpaired) electrons. The predicted molar refractivity (Wildman–Crippen MR) is 47.3 cm³/mol. The number of hydrogen-bond donors (Lipinski definition) is 1. The van der Waals surface area contributed by atoms with E-state index < -0.39 is 5.41 Å². The van der Waals surface area contributed by atoms with Crippen LogP contribution in [0.25, 0.3) is 0 Å². The number of nitrogen functional groups attached to an aromatic ring is 1. The van der Waals surface area contributed by atoms with Crippen LogP contribution in [0.15, 0.2) is 18.2 Å². The molecule has 3 heteroatoms. The summed E-state index contributed by atoms with van der Waals surface area (Å²) in [5.74, 6) is -0.362. The van der Waals surface area contributed by atoms with E-state index in [0.29, 0.717) is 11.3 Å². The highest BCUT2D eigenvalue weighted by Gasteiger charge is 2.46. The van der Waals surface area contributed by atoms with Crippen LogP contribution in [0.5, 0.6) is 0 Å². The molecular weight excluding hydrogens is 167 g/mol. The van der Waals surface area contributed by atoms with Crippen LogP contribution in [0.4, 0.5) is 10.1 Å². The average molecular weight is 176 g/mol. The van der Waals surface area contributed by atoms with Crippen molar-refractivity contribution in [2.24, 2.45) is 0 Å². The second-order valence-corrected chi connectivity index (χ2v) is 3.43. The van der Waals surface area contributed by atoms with Gasteiger partial charge in [-0.2, -0.15) is 5.26 Å². The molecule has 0 atom stereocenters. The Labute approximate surface area is 75.8 Å². The van der Waals surface area contributed by atoms with Crippen molar-refractivity contribution in [3.8, 4) is 6.07 Å². The molecule has 1 saturated carbocycles. The number of anilines is 1. The summed E-state index contributed by atoms with van der Waals surface area (Å²) in [5, 5.41) is 8.86. The van der Waals surface area contributed by atoms with Crippen molar-refractivity contribution >= 4 is 5.69 Å². The maximum atomic E-state index is 13.3. The second-order valence-electron chi connectivity index (χ2n) is 3.43. The summed E-state index contributed by atoms with van der Waals surface area (Å²) < 4.78 is 13.3. The van der Waals surface area contributed by atoms with E-state index in [2.05, 4.69) is 6.07 Å².